The number of nitrogens with one attached hydrogen (secondary N) is 1. The second kappa shape index (κ2) is 14.4. The molecule has 4 rings (SSSR count). The summed E-state index contributed by atoms with van der Waals surface area (Å²) in [6, 6.07) is 19.5. The lowest BCUT2D eigenvalue weighted by atomic mass is 9.95. The number of hydrogen-bond donors (Lipinski definition) is 1. The average Bonchev–Trinajstić information content (AvgIpc) is 3.02. The summed E-state index contributed by atoms with van der Waals surface area (Å²) >= 11 is 0. The fourth-order valence-electron chi connectivity index (χ4n) is 5.25. The van der Waals surface area contributed by atoms with Crippen LogP contribution in [0.3, 0.4) is 0 Å². The number of ether oxygens (including phenoxy) is 2. The van der Waals surface area contributed by atoms with Crippen LogP contribution in [0.2, 0.25) is 0 Å². The molecule has 1 atom stereocenters. The van der Waals surface area contributed by atoms with Gasteiger partial charge in [0.2, 0.25) is 11.8 Å². The van der Waals surface area contributed by atoms with Crippen LogP contribution < -0.4 is 19.1 Å². The number of hydrogen-bond acceptors (Lipinski definition) is 6. The molecule has 1 N–H and O–H groups in total. The Labute approximate surface area is 254 Å². The number of nitrogens with zero attached hydrogens (tertiary/aromatic N) is 2. The van der Waals surface area contributed by atoms with Crippen LogP contribution in [0.4, 0.5) is 5.69 Å². The first-order valence-electron chi connectivity index (χ1n) is 14.6. The Morgan fingerprint density at radius 2 is 1.53 bits per heavy atom. The van der Waals surface area contributed by atoms with Gasteiger partial charge in [-0.2, -0.15) is 0 Å². The molecule has 9 nitrogen and oxygen atoms in total. The van der Waals surface area contributed by atoms with Crippen LogP contribution in [-0.2, 0) is 26.2 Å². The second-order valence-electron chi connectivity index (χ2n) is 10.9. The molecule has 0 bridgehead atoms. The predicted molar refractivity (Wildman–Crippen MR) is 167 cm³/mol. The summed E-state index contributed by atoms with van der Waals surface area (Å²) in [6.07, 6.45) is 5.07. The van der Waals surface area contributed by atoms with E-state index in [1.807, 2.05) is 19.1 Å². The standard InChI is InChI=1S/C33H41N3O6S/c1-24-16-18-31(19-17-24)43(39,40)36(28-13-9-15-30(21-28)42-4)23-32(37)35(22-26-10-8-14-29(20-26)41-3)25(2)33(38)34-27-11-6-5-7-12-27/h8-10,13-21,25,27H,5-7,11-12,22-23H2,1-4H3,(H,34,38). The first kappa shape index (κ1) is 31.9. The summed E-state index contributed by atoms with van der Waals surface area (Å²) in [5.74, 6) is 0.275. The van der Waals surface area contributed by atoms with Crippen LogP contribution in [0.1, 0.15) is 50.2 Å². The SMILES string of the molecule is COc1cccc(CN(C(=O)CN(c2cccc(OC)c2)S(=O)(=O)c2ccc(C)cc2)C(C)C(=O)NC2CCCCC2)c1. The number of carbonyl (C=O) groups excluding carboxylic acids is 2. The molecule has 0 spiro atoms. The Kier molecular flexibility index (Phi) is 10.7. The highest BCUT2D eigenvalue weighted by molar-refractivity contribution is 7.92. The van der Waals surface area contributed by atoms with E-state index < -0.39 is 28.5 Å². The molecule has 0 heterocycles. The Morgan fingerprint density at radius 1 is 0.907 bits per heavy atom. The molecular formula is C33H41N3O6S. The highest BCUT2D eigenvalue weighted by Gasteiger charge is 2.33. The Hall–Kier alpha value is -4.05. The fourth-order valence-corrected chi connectivity index (χ4v) is 6.66. The van der Waals surface area contributed by atoms with Crippen molar-refractivity contribution in [1.29, 1.82) is 0 Å². The van der Waals surface area contributed by atoms with E-state index in [1.165, 1.54) is 24.1 Å². The third-order valence-electron chi connectivity index (χ3n) is 7.84. The van der Waals surface area contributed by atoms with Gasteiger partial charge >= 0.3 is 0 Å². The van der Waals surface area contributed by atoms with E-state index in [4.69, 9.17) is 9.47 Å². The number of methoxy groups -OCH3 is 2. The highest BCUT2D eigenvalue weighted by atomic mass is 32.2. The van der Waals surface area contributed by atoms with Crippen molar-refractivity contribution in [2.75, 3.05) is 25.1 Å². The van der Waals surface area contributed by atoms with Crippen LogP contribution in [-0.4, -0.2) is 58.0 Å². The monoisotopic (exact) mass is 607 g/mol. The topological polar surface area (TPSA) is 105 Å². The quantitative estimate of drug-likeness (QED) is 0.308. The summed E-state index contributed by atoms with van der Waals surface area (Å²) in [7, 11) is -1.12. The normalized spacial score (nSPS) is 14.4. The van der Waals surface area contributed by atoms with Crippen LogP contribution in [0.25, 0.3) is 0 Å². The summed E-state index contributed by atoms with van der Waals surface area (Å²) in [5.41, 5.74) is 1.93. The van der Waals surface area contributed by atoms with Gasteiger partial charge in [-0.05, 0) is 68.7 Å². The first-order chi connectivity index (χ1) is 20.6. The zero-order valence-electron chi connectivity index (χ0n) is 25.3. The number of benzene rings is 3. The fraction of sp³-hybridized carbons (Fsp3) is 0.394. The minimum Gasteiger partial charge on any atom is -0.497 e. The molecule has 0 aliphatic heterocycles. The lowest BCUT2D eigenvalue weighted by Crippen LogP contribution is -2.53. The zero-order chi connectivity index (χ0) is 31.0. The van der Waals surface area contributed by atoms with Crippen molar-refractivity contribution in [3.05, 3.63) is 83.9 Å². The summed E-state index contributed by atoms with van der Waals surface area (Å²) < 4.78 is 39.9. The van der Waals surface area contributed by atoms with Crippen molar-refractivity contribution in [1.82, 2.24) is 10.2 Å². The summed E-state index contributed by atoms with van der Waals surface area (Å²) in [6.45, 7) is 3.12. The summed E-state index contributed by atoms with van der Waals surface area (Å²) in [5, 5.41) is 3.12. The van der Waals surface area contributed by atoms with Crippen molar-refractivity contribution in [2.24, 2.45) is 0 Å². The van der Waals surface area contributed by atoms with Gasteiger partial charge in [-0.25, -0.2) is 8.42 Å². The van der Waals surface area contributed by atoms with Gasteiger partial charge in [-0.1, -0.05) is 55.2 Å². The molecule has 1 aliphatic carbocycles. The van der Waals surface area contributed by atoms with E-state index in [0.29, 0.717) is 11.5 Å². The van der Waals surface area contributed by atoms with Gasteiger partial charge in [-0.3, -0.25) is 13.9 Å². The number of anilines is 1. The predicted octanol–water partition coefficient (Wildman–Crippen LogP) is 5.07. The van der Waals surface area contributed by atoms with Crippen molar-refractivity contribution < 1.29 is 27.5 Å². The third kappa shape index (κ3) is 8.07. The Bertz CT molecular complexity index is 1500. The van der Waals surface area contributed by atoms with Gasteiger partial charge in [0.15, 0.2) is 0 Å². The van der Waals surface area contributed by atoms with Gasteiger partial charge in [-0.15, -0.1) is 0 Å². The summed E-state index contributed by atoms with van der Waals surface area (Å²) in [4.78, 5) is 29.2. The first-order valence-corrected chi connectivity index (χ1v) is 16.0. The number of amides is 2. The number of aryl methyl sites for hydroxylation is 1. The Morgan fingerprint density at radius 3 is 2.19 bits per heavy atom. The van der Waals surface area contributed by atoms with Gasteiger partial charge < -0.3 is 19.7 Å². The lowest BCUT2D eigenvalue weighted by molar-refractivity contribution is -0.139. The molecule has 0 radical (unpaired) electrons. The molecule has 10 heteroatoms. The van der Waals surface area contributed by atoms with E-state index in [0.717, 1.165) is 47.5 Å². The van der Waals surface area contributed by atoms with Crippen LogP contribution in [0.15, 0.2) is 77.7 Å². The number of sulfonamides is 1. The van der Waals surface area contributed by atoms with Gasteiger partial charge in [0.1, 0.15) is 24.1 Å². The van der Waals surface area contributed by atoms with Crippen LogP contribution in [0, 0.1) is 6.92 Å². The maximum Gasteiger partial charge on any atom is 0.264 e. The van der Waals surface area contributed by atoms with Crippen LogP contribution >= 0.6 is 0 Å². The van der Waals surface area contributed by atoms with Gasteiger partial charge in [0.05, 0.1) is 24.8 Å². The lowest BCUT2D eigenvalue weighted by Gasteiger charge is -2.33. The van der Waals surface area contributed by atoms with E-state index >= 15 is 0 Å². The van der Waals surface area contributed by atoms with Crippen molar-refractivity contribution in [2.45, 2.75) is 69.5 Å². The molecule has 230 valence electrons. The molecule has 0 saturated heterocycles. The van der Waals surface area contributed by atoms with E-state index in [9.17, 15) is 18.0 Å². The minimum atomic E-state index is -4.17. The Balaban J connectivity index is 1.70. The highest BCUT2D eigenvalue weighted by Crippen LogP contribution is 2.28. The zero-order valence-corrected chi connectivity index (χ0v) is 26.1. The molecule has 3 aromatic rings. The largest absolute Gasteiger partial charge is 0.497 e. The minimum absolute atomic E-state index is 0.0520. The van der Waals surface area contributed by atoms with Crippen molar-refractivity contribution >= 4 is 27.5 Å². The van der Waals surface area contributed by atoms with Gasteiger partial charge in [0, 0.05) is 18.7 Å². The number of carbonyl (C=O) groups is 2. The molecule has 1 unspecified atom stereocenters. The number of rotatable bonds is 12. The maximum absolute atomic E-state index is 14.2. The molecule has 1 aliphatic rings. The molecule has 0 aromatic heterocycles. The molecule has 43 heavy (non-hydrogen) atoms. The molecule has 2 amide bonds. The second-order valence-corrected chi connectivity index (χ2v) is 12.8. The molecular weight excluding hydrogens is 566 g/mol. The van der Waals surface area contributed by atoms with Crippen molar-refractivity contribution in [3.63, 3.8) is 0 Å². The molecule has 1 fully saturated rings. The molecule has 3 aromatic carbocycles. The van der Waals surface area contributed by atoms with E-state index in [1.54, 1.807) is 62.6 Å². The van der Waals surface area contributed by atoms with Crippen LogP contribution in [0.5, 0.6) is 11.5 Å². The third-order valence-corrected chi connectivity index (χ3v) is 9.62. The average molecular weight is 608 g/mol. The van der Waals surface area contributed by atoms with Crippen molar-refractivity contribution in [3.8, 4) is 11.5 Å². The van der Waals surface area contributed by atoms with E-state index in [-0.39, 0.29) is 29.1 Å². The smallest absolute Gasteiger partial charge is 0.264 e. The van der Waals surface area contributed by atoms with Gasteiger partial charge in [0.25, 0.3) is 10.0 Å². The molecule has 1 saturated carbocycles. The van der Waals surface area contributed by atoms with E-state index in [2.05, 4.69) is 5.32 Å². The maximum atomic E-state index is 14.2.